The highest BCUT2D eigenvalue weighted by Gasteiger charge is 2.30. The number of aromatic nitrogens is 3. The first-order chi connectivity index (χ1) is 20.8. The first kappa shape index (κ1) is 28.9. The van der Waals surface area contributed by atoms with E-state index in [4.69, 9.17) is 19.2 Å². The molecule has 0 spiro atoms. The van der Waals surface area contributed by atoms with Gasteiger partial charge in [-0.1, -0.05) is 35.5 Å². The maximum Gasteiger partial charge on any atom is 0.405 e. The van der Waals surface area contributed by atoms with Crippen molar-refractivity contribution in [3.05, 3.63) is 65.9 Å². The number of carbonyl (C=O) groups excluding carboxylic acids is 1. The molecule has 43 heavy (non-hydrogen) atoms. The smallest absolute Gasteiger partial charge is 0.378 e. The third-order valence-corrected chi connectivity index (χ3v) is 7.71. The molecule has 2 saturated heterocycles. The summed E-state index contributed by atoms with van der Waals surface area (Å²) in [5.41, 5.74) is 4.37. The Bertz CT molecular complexity index is 1530. The highest BCUT2D eigenvalue weighted by atomic mass is 19.4. The van der Waals surface area contributed by atoms with Crippen molar-refractivity contribution in [2.75, 3.05) is 56.2 Å². The summed E-state index contributed by atoms with van der Waals surface area (Å²) in [5.74, 6) is 1.31. The van der Waals surface area contributed by atoms with E-state index in [2.05, 4.69) is 44.5 Å². The number of nitrogens with one attached hydrogen (secondary N) is 2. The molecule has 226 valence electrons. The van der Waals surface area contributed by atoms with Crippen molar-refractivity contribution in [3.8, 4) is 11.4 Å². The lowest BCUT2D eigenvalue weighted by molar-refractivity contribution is -0.122. The number of rotatable bonds is 7. The molecule has 2 amide bonds. The van der Waals surface area contributed by atoms with E-state index in [9.17, 15) is 18.0 Å². The summed E-state index contributed by atoms with van der Waals surface area (Å²) in [6.07, 6.45) is -2.63. The molecule has 4 aromatic rings. The van der Waals surface area contributed by atoms with Gasteiger partial charge in [-0.15, -0.1) is 0 Å². The molecule has 0 bridgehead atoms. The van der Waals surface area contributed by atoms with Crippen LogP contribution in [0.2, 0.25) is 0 Å². The summed E-state index contributed by atoms with van der Waals surface area (Å²) in [6, 6.07) is 16.1. The van der Waals surface area contributed by atoms with Crippen LogP contribution in [0.4, 0.5) is 29.5 Å². The van der Waals surface area contributed by atoms with E-state index in [-0.39, 0.29) is 5.92 Å². The minimum atomic E-state index is -4.49. The average Bonchev–Trinajstić information content (AvgIpc) is 3.45. The number of fused-ring (bicyclic) bond motifs is 1. The number of anilines is 2. The Morgan fingerprint density at radius 1 is 0.953 bits per heavy atom. The topological polar surface area (TPSA) is 109 Å². The Morgan fingerprint density at radius 2 is 1.67 bits per heavy atom. The lowest BCUT2D eigenvalue weighted by Gasteiger charge is -2.31. The number of hydrogen-bond donors (Lipinski definition) is 2. The number of halogens is 3. The van der Waals surface area contributed by atoms with Crippen molar-refractivity contribution in [1.29, 1.82) is 0 Å². The highest BCUT2D eigenvalue weighted by molar-refractivity contribution is 5.90. The van der Waals surface area contributed by atoms with Crippen LogP contribution in [0.15, 0.2) is 59.1 Å². The van der Waals surface area contributed by atoms with Gasteiger partial charge >= 0.3 is 12.2 Å². The lowest BCUT2D eigenvalue weighted by Crippen LogP contribution is -2.37. The number of amides is 2. The first-order valence-electron chi connectivity index (χ1n) is 14.3. The maximum absolute atomic E-state index is 12.4. The second kappa shape index (κ2) is 12.6. The Kier molecular flexibility index (Phi) is 8.43. The predicted molar refractivity (Wildman–Crippen MR) is 155 cm³/mol. The van der Waals surface area contributed by atoms with E-state index in [1.54, 1.807) is 29.6 Å². The summed E-state index contributed by atoms with van der Waals surface area (Å²) in [7, 11) is 0. The molecule has 6 rings (SSSR count). The Morgan fingerprint density at radius 3 is 2.37 bits per heavy atom. The van der Waals surface area contributed by atoms with E-state index in [0.717, 1.165) is 38.2 Å². The minimum absolute atomic E-state index is 0.190. The van der Waals surface area contributed by atoms with Gasteiger partial charge in [0.1, 0.15) is 17.8 Å². The molecule has 2 fully saturated rings. The van der Waals surface area contributed by atoms with Crippen LogP contribution >= 0.6 is 0 Å². The number of hydrogen-bond acceptors (Lipinski definition) is 8. The Balaban J connectivity index is 1.23. The molecule has 10 nitrogen and oxygen atoms in total. The number of benzene rings is 2. The number of alkyl halides is 3. The maximum atomic E-state index is 12.4. The van der Waals surface area contributed by atoms with Crippen LogP contribution in [-0.4, -0.2) is 78.2 Å². The number of likely N-dealkylation sites (tertiary alicyclic amines) is 1. The summed E-state index contributed by atoms with van der Waals surface area (Å²) in [4.78, 5) is 26.2. The van der Waals surface area contributed by atoms with Gasteiger partial charge in [-0.2, -0.15) is 13.2 Å². The van der Waals surface area contributed by atoms with Crippen molar-refractivity contribution in [3.63, 3.8) is 0 Å². The number of ether oxygens (including phenoxy) is 1. The molecule has 2 aliphatic rings. The first-order valence-corrected chi connectivity index (χ1v) is 14.3. The fourth-order valence-corrected chi connectivity index (χ4v) is 5.49. The van der Waals surface area contributed by atoms with Crippen molar-refractivity contribution >= 4 is 28.6 Å². The second-order valence-electron chi connectivity index (χ2n) is 10.8. The fourth-order valence-electron chi connectivity index (χ4n) is 5.49. The van der Waals surface area contributed by atoms with Crippen LogP contribution in [0.3, 0.4) is 0 Å². The van der Waals surface area contributed by atoms with E-state index < -0.39 is 18.8 Å². The number of morpholine rings is 1. The van der Waals surface area contributed by atoms with Crippen molar-refractivity contribution < 1.29 is 27.2 Å². The zero-order valence-electron chi connectivity index (χ0n) is 23.4. The number of nitrogens with zero attached hydrogens (tertiary/aromatic N) is 5. The van der Waals surface area contributed by atoms with Crippen LogP contribution < -0.4 is 15.5 Å². The normalized spacial score (nSPS) is 16.9. The van der Waals surface area contributed by atoms with Gasteiger partial charge in [0.2, 0.25) is 5.58 Å². The highest BCUT2D eigenvalue weighted by Crippen LogP contribution is 2.36. The molecule has 0 aliphatic carbocycles. The molecular formula is C30H32F3N7O3. The standard InChI is InChI=1S/C30H32F3N7O3/c31-30(32,33)19-34-29(41)35-23-8-6-22(7-9-23)27-36-25-24(38-43-26(25)28(37-27)40-14-16-42-17-15-40)21-10-12-39(13-11-21)18-20-4-2-1-3-5-20/h1-9,21H,10-19H2,(H2,34,35,41). The third-order valence-electron chi connectivity index (χ3n) is 7.71. The van der Waals surface area contributed by atoms with Gasteiger partial charge in [-0.3, -0.25) is 4.90 Å². The summed E-state index contributed by atoms with van der Waals surface area (Å²) in [6.45, 7) is 3.81. The third kappa shape index (κ3) is 7.05. The molecule has 4 heterocycles. The SMILES string of the molecule is O=C(NCC(F)(F)F)Nc1ccc(-c2nc(N3CCOCC3)c3onc(C4CCN(Cc5ccccc5)CC4)c3n2)cc1. The zero-order valence-corrected chi connectivity index (χ0v) is 23.4. The van der Waals surface area contributed by atoms with Gasteiger partial charge in [-0.25, -0.2) is 14.8 Å². The van der Waals surface area contributed by atoms with Crippen molar-refractivity contribution in [2.24, 2.45) is 0 Å². The van der Waals surface area contributed by atoms with E-state index in [0.29, 0.717) is 60.3 Å². The fraction of sp³-hybridized carbons (Fsp3) is 0.400. The molecule has 2 N–H and O–H groups in total. The van der Waals surface area contributed by atoms with Gasteiger partial charge in [-0.05, 0) is 55.8 Å². The molecule has 0 atom stereocenters. The Hall–Kier alpha value is -4.23. The number of carbonyl (C=O) groups is 1. The van der Waals surface area contributed by atoms with E-state index >= 15 is 0 Å². The molecule has 2 aliphatic heterocycles. The minimum Gasteiger partial charge on any atom is -0.378 e. The second-order valence-corrected chi connectivity index (χ2v) is 10.8. The van der Waals surface area contributed by atoms with Gasteiger partial charge in [0, 0.05) is 36.8 Å². The number of piperidine rings is 1. The number of urea groups is 1. The van der Waals surface area contributed by atoms with Crippen LogP contribution in [-0.2, 0) is 11.3 Å². The van der Waals surface area contributed by atoms with E-state index in [1.165, 1.54) is 5.56 Å². The molecule has 13 heteroatoms. The molecule has 0 unspecified atom stereocenters. The van der Waals surface area contributed by atoms with Crippen LogP contribution in [0.1, 0.15) is 30.0 Å². The summed E-state index contributed by atoms with van der Waals surface area (Å²) < 4.78 is 48.7. The zero-order chi connectivity index (χ0) is 29.8. The van der Waals surface area contributed by atoms with E-state index in [1.807, 2.05) is 6.07 Å². The molecule has 2 aromatic heterocycles. The van der Waals surface area contributed by atoms with Crippen LogP contribution in [0.25, 0.3) is 22.5 Å². The average molecular weight is 596 g/mol. The summed E-state index contributed by atoms with van der Waals surface area (Å²) >= 11 is 0. The lowest BCUT2D eigenvalue weighted by atomic mass is 9.92. The van der Waals surface area contributed by atoms with Gasteiger partial charge in [0.15, 0.2) is 11.6 Å². The van der Waals surface area contributed by atoms with Gasteiger partial charge < -0.3 is 24.8 Å². The monoisotopic (exact) mass is 595 g/mol. The van der Waals surface area contributed by atoms with Crippen LogP contribution in [0.5, 0.6) is 0 Å². The molecule has 0 radical (unpaired) electrons. The largest absolute Gasteiger partial charge is 0.405 e. The van der Waals surface area contributed by atoms with Gasteiger partial charge in [0.25, 0.3) is 0 Å². The van der Waals surface area contributed by atoms with Crippen LogP contribution in [0, 0.1) is 0 Å². The Labute approximate surface area is 246 Å². The molecule has 2 aromatic carbocycles. The molecular weight excluding hydrogens is 563 g/mol. The quantitative estimate of drug-likeness (QED) is 0.301. The molecule has 0 saturated carbocycles. The van der Waals surface area contributed by atoms with Crippen molar-refractivity contribution in [1.82, 2.24) is 25.3 Å². The predicted octanol–water partition coefficient (Wildman–Crippen LogP) is 5.18. The van der Waals surface area contributed by atoms with Gasteiger partial charge in [0.05, 0.1) is 13.2 Å². The summed E-state index contributed by atoms with van der Waals surface area (Å²) in [5, 5.41) is 8.72. The van der Waals surface area contributed by atoms with Crippen molar-refractivity contribution in [2.45, 2.75) is 31.5 Å².